The van der Waals surface area contributed by atoms with Gasteiger partial charge in [-0.25, -0.2) is 0 Å². The lowest BCUT2D eigenvalue weighted by Gasteiger charge is -2.14. The zero-order chi connectivity index (χ0) is 20.0. The number of aryl methyl sites for hydroxylation is 1. The molecule has 2 rings (SSSR count). The number of guanidine groups is 1. The van der Waals surface area contributed by atoms with Crippen LogP contribution in [0.25, 0.3) is 0 Å². The zero-order valence-electron chi connectivity index (χ0n) is 17.2. The highest BCUT2D eigenvalue weighted by molar-refractivity contribution is 5.79. The molecule has 0 aliphatic carbocycles. The Morgan fingerprint density at radius 1 is 1.39 bits per heavy atom. The average molecular weight is 394 g/mol. The third-order valence-corrected chi connectivity index (χ3v) is 4.37. The third kappa shape index (κ3) is 9.39. The molecule has 1 aliphatic heterocycles. The van der Waals surface area contributed by atoms with Crippen LogP contribution in [0.3, 0.4) is 0 Å². The van der Waals surface area contributed by atoms with E-state index in [0.717, 1.165) is 63.7 Å². The minimum Gasteiger partial charge on any atom is -0.491 e. The Labute approximate surface area is 168 Å². The van der Waals surface area contributed by atoms with Crippen molar-refractivity contribution in [3.8, 4) is 5.75 Å². The summed E-state index contributed by atoms with van der Waals surface area (Å²) in [7, 11) is 0. The fourth-order valence-corrected chi connectivity index (χ4v) is 2.83. The lowest BCUT2D eigenvalue weighted by molar-refractivity contribution is 0.0888. The number of aliphatic hydroxyl groups excluding tert-OH is 1. The van der Waals surface area contributed by atoms with E-state index in [1.807, 2.05) is 38.1 Å². The summed E-state index contributed by atoms with van der Waals surface area (Å²) in [6.45, 7) is 9.23. The molecule has 2 unspecified atom stereocenters. The van der Waals surface area contributed by atoms with E-state index in [-0.39, 0.29) is 13.2 Å². The van der Waals surface area contributed by atoms with Crippen LogP contribution in [-0.2, 0) is 9.47 Å². The summed E-state index contributed by atoms with van der Waals surface area (Å²) in [5, 5.41) is 16.6. The van der Waals surface area contributed by atoms with Crippen molar-refractivity contribution in [2.24, 2.45) is 10.9 Å². The Kier molecular flexibility index (Phi) is 10.7. The molecule has 0 aromatic heterocycles. The van der Waals surface area contributed by atoms with Gasteiger partial charge in [-0.3, -0.25) is 4.99 Å². The van der Waals surface area contributed by atoms with Gasteiger partial charge in [-0.05, 0) is 44.4 Å². The molecular weight excluding hydrogens is 358 g/mol. The maximum absolute atomic E-state index is 10.1. The summed E-state index contributed by atoms with van der Waals surface area (Å²) in [6, 6.07) is 7.78. The predicted molar refractivity (Wildman–Crippen MR) is 111 cm³/mol. The van der Waals surface area contributed by atoms with Crippen molar-refractivity contribution in [2.45, 2.75) is 32.8 Å². The number of aliphatic hydroxyl groups is 1. The van der Waals surface area contributed by atoms with Gasteiger partial charge in [0.05, 0.1) is 19.8 Å². The topological polar surface area (TPSA) is 84.3 Å². The van der Waals surface area contributed by atoms with E-state index in [1.54, 1.807) is 0 Å². The van der Waals surface area contributed by atoms with E-state index in [9.17, 15) is 5.11 Å². The molecule has 1 heterocycles. The lowest BCUT2D eigenvalue weighted by Crippen LogP contribution is -2.39. The highest BCUT2D eigenvalue weighted by atomic mass is 16.5. The standard InChI is InChI=1S/C21H35N3O4/c1-3-22-21(23-9-5-10-26-14-18-8-11-27-15-18)24-13-19(25)16-28-20-7-4-6-17(2)12-20/h4,6-7,12,18-19,25H,3,5,8-11,13-16H2,1-2H3,(H2,22,23,24). The number of hydrogen-bond acceptors (Lipinski definition) is 5. The van der Waals surface area contributed by atoms with E-state index < -0.39 is 6.10 Å². The number of rotatable bonds is 12. The summed E-state index contributed by atoms with van der Waals surface area (Å²) in [4.78, 5) is 4.43. The highest BCUT2D eigenvalue weighted by Crippen LogP contribution is 2.13. The van der Waals surface area contributed by atoms with Crippen LogP contribution >= 0.6 is 0 Å². The fourth-order valence-electron chi connectivity index (χ4n) is 2.83. The first-order chi connectivity index (χ1) is 13.7. The maximum atomic E-state index is 10.1. The second kappa shape index (κ2) is 13.4. The van der Waals surface area contributed by atoms with Crippen molar-refractivity contribution >= 4 is 5.96 Å². The predicted octanol–water partition coefficient (Wildman–Crippen LogP) is 1.73. The van der Waals surface area contributed by atoms with Crippen molar-refractivity contribution in [2.75, 3.05) is 52.7 Å². The summed E-state index contributed by atoms with van der Waals surface area (Å²) < 4.78 is 16.7. The van der Waals surface area contributed by atoms with Gasteiger partial charge in [0, 0.05) is 32.2 Å². The molecule has 1 aromatic rings. The summed E-state index contributed by atoms with van der Waals surface area (Å²) in [5.74, 6) is 2.01. The van der Waals surface area contributed by atoms with Gasteiger partial charge in [-0.15, -0.1) is 0 Å². The Morgan fingerprint density at radius 2 is 2.29 bits per heavy atom. The number of nitrogens with one attached hydrogen (secondary N) is 2. The van der Waals surface area contributed by atoms with Gasteiger partial charge >= 0.3 is 0 Å². The minimum absolute atomic E-state index is 0.213. The van der Waals surface area contributed by atoms with Crippen molar-refractivity contribution in [3.05, 3.63) is 29.8 Å². The molecule has 1 saturated heterocycles. The fraction of sp³-hybridized carbons (Fsp3) is 0.667. The molecule has 28 heavy (non-hydrogen) atoms. The van der Waals surface area contributed by atoms with Gasteiger partial charge < -0.3 is 30.0 Å². The third-order valence-electron chi connectivity index (χ3n) is 4.37. The first-order valence-corrected chi connectivity index (χ1v) is 10.2. The van der Waals surface area contributed by atoms with E-state index in [2.05, 4.69) is 15.6 Å². The van der Waals surface area contributed by atoms with Gasteiger partial charge in [-0.1, -0.05) is 12.1 Å². The summed E-state index contributed by atoms with van der Waals surface area (Å²) in [6.07, 6.45) is 1.34. The smallest absolute Gasteiger partial charge is 0.191 e. The van der Waals surface area contributed by atoms with Crippen LogP contribution in [-0.4, -0.2) is 69.8 Å². The van der Waals surface area contributed by atoms with Crippen LogP contribution in [0.4, 0.5) is 0 Å². The molecular formula is C21H35N3O4. The summed E-state index contributed by atoms with van der Waals surface area (Å²) in [5.41, 5.74) is 1.13. The maximum Gasteiger partial charge on any atom is 0.191 e. The zero-order valence-corrected chi connectivity index (χ0v) is 17.2. The first kappa shape index (κ1) is 22.5. The Hall–Kier alpha value is -1.83. The van der Waals surface area contributed by atoms with Crippen LogP contribution in [0.1, 0.15) is 25.3 Å². The number of benzene rings is 1. The Balaban J connectivity index is 1.60. The molecule has 0 bridgehead atoms. The Morgan fingerprint density at radius 3 is 3.04 bits per heavy atom. The summed E-state index contributed by atoms with van der Waals surface area (Å²) >= 11 is 0. The minimum atomic E-state index is -0.659. The van der Waals surface area contributed by atoms with Crippen molar-refractivity contribution < 1.29 is 19.3 Å². The number of nitrogens with zero attached hydrogens (tertiary/aromatic N) is 1. The van der Waals surface area contributed by atoms with Crippen LogP contribution in [0.2, 0.25) is 0 Å². The van der Waals surface area contributed by atoms with Crippen molar-refractivity contribution in [1.82, 2.24) is 10.6 Å². The number of hydrogen-bond donors (Lipinski definition) is 3. The van der Waals surface area contributed by atoms with Crippen LogP contribution in [0.5, 0.6) is 5.75 Å². The molecule has 1 fully saturated rings. The molecule has 1 aromatic carbocycles. The van der Waals surface area contributed by atoms with E-state index >= 15 is 0 Å². The van der Waals surface area contributed by atoms with E-state index in [0.29, 0.717) is 11.9 Å². The van der Waals surface area contributed by atoms with Gasteiger partial charge in [0.15, 0.2) is 5.96 Å². The van der Waals surface area contributed by atoms with Crippen molar-refractivity contribution in [1.29, 1.82) is 0 Å². The molecule has 158 valence electrons. The largest absolute Gasteiger partial charge is 0.491 e. The molecule has 0 saturated carbocycles. The van der Waals surface area contributed by atoms with Crippen molar-refractivity contribution in [3.63, 3.8) is 0 Å². The number of aliphatic imine (C=N–C) groups is 1. The Bertz CT molecular complexity index is 577. The molecule has 2 atom stereocenters. The van der Waals surface area contributed by atoms with Gasteiger partial charge in [-0.2, -0.15) is 0 Å². The first-order valence-electron chi connectivity index (χ1n) is 10.2. The average Bonchev–Trinajstić information content (AvgIpc) is 3.20. The second-order valence-corrected chi connectivity index (χ2v) is 7.09. The van der Waals surface area contributed by atoms with Crippen LogP contribution in [0.15, 0.2) is 29.3 Å². The molecule has 0 amide bonds. The van der Waals surface area contributed by atoms with Gasteiger partial charge in [0.1, 0.15) is 18.5 Å². The quantitative estimate of drug-likeness (QED) is 0.285. The molecule has 0 spiro atoms. The van der Waals surface area contributed by atoms with E-state index in [4.69, 9.17) is 14.2 Å². The van der Waals surface area contributed by atoms with E-state index in [1.165, 1.54) is 0 Å². The highest BCUT2D eigenvalue weighted by Gasteiger charge is 2.15. The van der Waals surface area contributed by atoms with Gasteiger partial charge in [0.25, 0.3) is 0 Å². The number of ether oxygens (including phenoxy) is 3. The molecule has 0 radical (unpaired) electrons. The lowest BCUT2D eigenvalue weighted by atomic mass is 10.1. The normalized spacial score (nSPS) is 18.1. The van der Waals surface area contributed by atoms with Crippen LogP contribution < -0.4 is 15.4 Å². The molecule has 3 N–H and O–H groups in total. The second-order valence-electron chi connectivity index (χ2n) is 7.09. The molecule has 7 nitrogen and oxygen atoms in total. The molecule has 7 heteroatoms. The molecule has 1 aliphatic rings. The monoisotopic (exact) mass is 393 g/mol. The van der Waals surface area contributed by atoms with Gasteiger partial charge in [0.2, 0.25) is 0 Å². The SMILES string of the molecule is CCNC(=NCC(O)COc1cccc(C)c1)NCCCOCC1CCOC1. The van der Waals surface area contributed by atoms with Crippen LogP contribution in [0, 0.1) is 12.8 Å².